The van der Waals surface area contributed by atoms with Gasteiger partial charge in [0, 0.05) is 18.5 Å². The van der Waals surface area contributed by atoms with Crippen LogP contribution in [0.2, 0.25) is 0 Å². The van der Waals surface area contributed by atoms with Gasteiger partial charge in [0.15, 0.2) is 0 Å². The molecule has 6 heteroatoms. The number of carbonyl (C=O) groups excluding carboxylic acids is 1. The summed E-state index contributed by atoms with van der Waals surface area (Å²) < 4.78 is 12.5. The second-order valence-electron chi connectivity index (χ2n) is 5.41. The molecule has 1 atom stereocenters. The normalized spacial score (nSPS) is 18.7. The first-order chi connectivity index (χ1) is 8.44. The van der Waals surface area contributed by atoms with Crippen molar-refractivity contribution >= 4 is 6.09 Å². The van der Waals surface area contributed by atoms with E-state index in [1.54, 1.807) is 10.9 Å². The first-order valence-corrected chi connectivity index (χ1v) is 6.05. The molecule has 1 unspecified atom stereocenters. The van der Waals surface area contributed by atoms with E-state index in [0.29, 0.717) is 13.2 Å². The summed E-state index contributed by atoms with van der Waals surface area (Å²) in [7, 11) is 0. The number of nitrogens with one attached hydrogen (secondary N) is 1. The molecule has 1 aliphatic heterocycles. The predicted octanol–water partition coefficient (Wildman–Crippen LogP) is 1.42. The van der Waals surface area contributed by atoms with Gasteiger partial charge < -0.3 is 14.8 Å². The van der Waals surface area contributed by atoms with Gasteiger partial charge in [0.05, 0.1) is 19.3 Å². The van der Waals surface area contributed by atoms with Crippen molar-refractivity contribution in [1.29, 1.82) is 0 Å². The summed E-state index contributed by atoms with van der Waals surface area (Å²) in [6.07, 6.45) is 1.31. The van der Waals surface area contributed by atoms with Crippen LogP contribution in [0.25, 0.3) is 0 Å². The Morgan fingerprint density at radius 3 is 3.17 bits per heavy atom. The van der Waals surface area contributed by atoms with Gasteiger partial charge in [0.2, 0.25) is 5.88 Å². The highest BCUT2D eigenvalue weighted by Crippen LogP contribution is 2.18. The van der Waals surface area contributed by atoms with Crippen LogP contribution in [0.15, 0.2) is 12.3 Å². The Balaban J connectivity index is 1.77. The third-order valence-corrected chi connectivity index (χ3v) is 2.51. The summed E-state index contributed by atoms with van der Waals surface area (Å²) in [4.78, 5) is 11.5. The van der Waals surface area contributed by atoms with Crippen LogP contribution in [0.4, 0.5) is 4.79 Å². The Kier molecular flexibility index (Phi) is 3.45. The van der Waals surface area contributed by atoms with E-state index >= 15 is 0 Å². The lowest BCUT2D eigenvalue weighted by Gasteiger charge is -2.25. The molecule has 1 aromatic heterocycles. The minimum atomic E-state index is -0.470. The van der Waals surface area contributed by atoms with Crippen LogP contribution in [-0.4, -0.2) is 34.6 Å². The fraction of sp³-hybridized carbons (Fsp3) is 0.667. The molecule has 1 aliphatic rings. The molecular formula is C12H19N3O3. The molecule has 0 bridgehead atoms. The van der Waals surface area contributed by atoms with E-state index in [0.717, 1.165) is 12.4 Å². The van der Waals surface area contributed by atoms with E-state index in [9.17, 15) is 4.79 Å². The number of rotatable bonds is 2. The van der Waals surface area contributed by atoms with Gasteiger partial charge in [-0.05, 0) is 20.8 Å². The number of aromatic nitrogens is 2. The van der Waals surface area contributed by atoms with Gasteiger partial charge in [-0.15, -0.1) is 0 Å². The Labute approximate surface area is 106 Å². The van der Waals surface area contributed by atoms with E-state index in [2.05, 4.69) is 10.4 Å². The third-order valence-electron chi connectivity index (χ3n) is 2.51. The highest BCUT2D eigenvalue weighted by molar-refractivity contribution is 5.67. The number of hydrogen-bond donors (Lipinski definition) is 1. The number of hydrogen-bond acceptors (Lipinski definition) is 4. The average Bonchev–Trinajstić information content (AvgIpc) is 2.71. The Morgan fingerprint density at radius 1 is 1.67 bits per heavy atom. The van der Waals surface area contributed by atoms with Crippen molar-refractivity contribution in [2.24, 2.45) is 5.92 Å². The zero-order chi connectivity index (χ0) is 13.2. The van der Waals surface area contributed by atoms with Crippen molar-refractivity contribution in [2.75, 3.05) is 13.2 Å². The van der Waals surface area contributed by atoms with Gasteiger partial charge in [-0.2, -0.15) is 5.10 Å². The van der Waals surface area contributed by atoms with E-state index < -0.39 is 11.7 Å². The number of amides is 1. The second kappa shape index (κ2) is 4.88. The zero-order valence-corrected chi connectivity index (χ0v) is 11.0. The standard InChI is InChI=1S/C12H19N3O3/c1-12(2,3)18-11(16)13-6-9-7-15-10(17-8-9)4-5-14-15/h4-5,9H,6-8H2,1-3H3,(H,13,16). The molecule has 0 radical (unpaired) electrons. The Hall–Kier alpha value is -1.72. The molecule has 0 saturated carbocycles. The van der Waals surface area contributed by atoms with Crippen LogP contribution in [0.1, 0.15) is 20.8 Å². The quantitative estimate of drug-likeness (QED) is 0.865. The molecule has 0 spiro atoms. The maximum Gasteiger partial charge on any atom is 0.407 e. The summed E-state index contributed by atoms with van der Waals surface area (Å²) in [6.45, 7) is 7.37. The van der Waals surface area contributed by atoms with Crippen molar-refractivity contribution < 1.29 is 14.3 Å². The number of carbonyl (C=O) groups is 1. The summed E-state index contributed by atoms with van der Waals surface area (Å²) in [6, 6.07) is 1.83. The van der Waals surface area contributed by atoms with Crippen LogP contribution in [0, 0.1) is 5.92 Å². The molecule has 2 heterocycles. The van der Waals surface area contributed by atoms with Gasteiger partial charge in [-0.3, -0.25) is 0 Å². The smallest absolute Gasteiger partial charge is 0.407 e. The second-order valence-corrected chi connectivity index (χ2v) is 5.41. The van der Waals surface area contributed by atoms with Crippen LogP contribution in [0.5, 0.6) is 5.88 Å². The molecule has 1 amide bonds. The molecule has 1 aromatic rings. The fourth-order valence-electron chi connectivity index (χ4n) is 1.75. The maximum atomic E-state index is 11.5. The van der Waals surface area contributed by atoms with E-state index in [-0.39, 0.29) is 5.92 Å². The maximum absolute atomic E-state index is 11.5. The highest BCUT2D eigenvalue weighted by Gasteiger charge is 2.22. The first kappa shape index (κ1) is 12.7. The number of fused-ring (bicyclic) bond motifs is 1. The van der Waals surface area contributed by atoms with Gasteiger partial charge in [-0.1, -0.05) is 0 Å². The lowest BCUT2D eigenvalue weighted by molar-refractivity contribution is 0.0503. The lowest BCUT2D eigenvalue weighted by Crippen LogP contribution is -2.39. The minimum absolute atomic E-state index is 0.213. The Morgan fingerprint density at radius 2 is 2.44 bits per heavy atom. The topological polar surface area (TPSA) is 65.4 Å². The van der Waals surface area contributed by atoms with E-state index in [4.69, 9.17) is 9.47 Å². The zero-order valence-electron chi connectivity index (χ0n) is 11.0. The fourth-order valence-corrected chi connectivity index (χ4v) is 1.75. The van der Waals surface area contributed by atoms with Gasteiger partial charge in [-0.25, -0.2) is 9.48 Å². The molecule has 100 valence electrons. The molecule has 1 N–H and O–H groups in total. The average molecular weight is 253 g/mol. The minimum Gasteiger partial charge on any atom is -0.477 e. The van der Waals surface area contributed by atoms with Crippen molar-refractivity contribution in [1.82, 2.24) is 15.1 Å². The van der Waals surface area contributed by atoms with Crippen LogP contribution < -0.4 is 10.1 Å². The molecule has 2 rings (SSSR count). The predicted molar refractivity (Wildman–Crippen MR) is 65.4 cm³/mol. The third kappa shape index (κ3) is 3.38. The number of ether oxygens (including phenoxy) is 2. The summed E-state index contributed by atoms with van der Waals surface area (Å²) in [5, 5.41) is 6.89. The lowest BCUT2D eigenvalue weighted by atomic mass is 10.1. The van der Waals surface area contributed by atoms with Crippen LogP contribution in [0.3, 0.4) is 0 Å². The monoisotopic (exact) mass is 253 g/mol. The molecule has 0 aliphatic carbocycles. The van der Waals surface area contributed by atoms with Gasteiger partial charge >= 0.3 is 6.09 Å². The van der Waals surface area contributed by atoms with E-state index in [1.807, 2.05) is 26.8 Å². The molecule has 0 saturated heterocycles. The molecule has 6 nitrogen and oxygen atoms in total. The SMILES string of the molecule is CC(C)(C)OC(=O)NCC1COc2ccnn2C1. The Bertz CT molecular complexity index is 422. The molecule has 0 aromatic carbocycles. The van der Waals surface area contributed by atoms with Crippen molar-refractivity contribution in [2.45, 2.75) is 32.9 Å². The van der Waals surface area contributed by atoms with Crippen molar-refractivity contribution in [3.63, 3.8) is 0 Å². The summed E-state index contributed by atoms with van der Waals surface area (Å²) >= 11 is 0. The largest absolute Gasteiger partial charge is 0.477 e. The van der Waals surface area contributed by atoms with Crippen molar-refractivity contribution in [3.8, 4) is 5.88 Å². The summed E-state index contributed by atoms with van der Waals surface area (Å²) in [5.74, 6) is 0.994. The highest BCUT2D eigenvalue weighted by atomic mass is 16.6. The van der Waals surface area contributed by atoms with Gasteiger partial charge in [0.25, 0.3) is 0 Å². The molecular weight excluding hydrogens is 234 g/mol. The summed E-state index contributed by atoms with van der Waals surface area (Å²) in [5.41, 5.74) is -0.470. The van der Waals surface area contributed by atoms with Crippen molar-refractivity contribution in [3.05, 3.63) is 12.3 Å². The number of alkyl carbamates (subject to hydrolysis) is 1. The van der Waals surface area contributed by atoms with Gasteiger partial charge in [0.1, 0.15) is 5.60 Å². The van der Waals surface area contributed by atoms with Crippen LogP contribution >= 0.6 is 0 Å². The van der Waals surface area contributed by atoms with Crippen LogP contribution in [-0.2, 0) is 11.3 Å². The number of nitrogens with zero attached hydrogens (tertiary/aromatic N) is 2. The van der Waals surface area contributed by atoms with E-state index in [1.165, 1.54) is 0 Å². The first-order valence-electron chi connectivity index (χ1n) is 6.05. The molecule has 0 fully saturated rings. The molecule has 18 heavy (non-hydrogen) atoms.